The fourth-order valence-electron chi connectivity index (χ4n) is 2.38. The van der Waals surface area contributed by atoms with Crippen LogP contribution in [0.4, 0.5) is 5.69 Å². The molecule has 5 nitrogen and oxygen atoms in total. The summed E-state index contributed by atoms with van der Waals surface area (Å²) in [7, 11) is -2.16. The van der Waals surface area contributed by atoms with Gasteiger partial charge < -0.3 is 4.74 Å². The number of sulfonamides is 1. The van der Waals surface area contributed by atoms with E-state index in [-0.39, 0.29) is 4.90 Å². The largest absolute Gasteiger partial charge is 0.497 e. The van der Waals surface area contributed by atoms with E-state index >= 15 is 0 Å². The number of methoxy groups -OCH3 is 1. The van der Waals surface area contributed by atoms with E-state index in [4.69, 9.17) is 4.74 Å². The summed E-state index contributed by atoms with van der Waals surface area (Å²) < 4.78 is 32.8. The van der Waals surface area contributed by atoms with Crippen LogP contribution in [0.2, 0.25) is 0 Å². The molecule has 3 rings (SSSR count). The van der Waals surface area contributed by atoms with Crippen molar-refractivity contribution < 1.29 is 13.2 Å². The van der Waals surface area contributed by atoms with Crippen LogP contribution < -0.4 is 9.46 Å². The second-order valence-corrected chi connectivity index (χ2v) is 6.85. The fraction of sp³-hybridized carbons (Fsp3) is 0.118. The lowest BCUT2D eigenvalue weighted by Gasteiger charge is -2.11. The van der Waals surface area contributed by atoms with Crippen molar-refractivity contribution in [3.63, 3.8) is 0 Å². The summed E-state index contributed by atoms with van der Waals surface area (Å²) in [6, 6.07) is 13.7. The van der Waals surface area contributed by atoms with Crippen molar-refractivity contribution in [1.82, 2.24) is 4.98 Å². The Bertz CT molecular complexity index is 951. The van der Waals surface area contributed by atoms with Gasteiger partial charge in [-0.3, -0.25) is 9.71 Å². The van der Waals surface area contributed by atoms with E-state index in [9.17, 15) is 8.42 Å². The van der Waals surface area contributed by atoms with Crippen molar-refractivity contribution in [2.45, 2.75) is 11.8 Å². The minimum atomic E-state index is -3.69. The molecular formula is C17H16N2O3S. The zero-order valence-corrected chi connectivity index (χ0v) is 13.6. The van der Waals surface area contributed by atoms with E-state index < -0.39 is 10.0 Å². The number of hydrogen-bond donors (Lipinski definition) is 1. The van der Waals surface area contributed by atoms with Crippen LogP contribution in [-0.4, -0.2) is 20.5 Å². The number of hydrogen-bond acceptors (Lipinski definition) is 4. The Morgan fingerprint density at radius 3 is 2.52 bits per heavy atom. The van der Waals surface area contributed by atoms with Crippen LogP contribution in [0.1, 0.15) is 5.56 Å². The smallest absolute Gasteiger partial charge is 0.261 e. The van der Waals surface area contributed by atoms with E-state index in [0.29, 0.717) is 17.0 Å². The minimum absolute atomic E-state index is 0.170. The fourth-order valence-corrected chi connectivity index (χ4v) is 3.44. The lowest BCUT2D eigenvalue weighted by atomic mass is 10.1. The quantitative estimate of drug-likeness (QED) is 0.797. The molecule has 1 aromatic heterocycles. The van der Waals surface area contributed by atoms with Gasteiger partial charge >= 0.3 is 0 Å². The van der Waals surface area contributed by atoms with Crippen LogP contribution >= 0.6 is 0 Å². The van der Waals surface area contributed by atoms with E-state index in [1.165, 1.54) is 19.2 Å². The highest BCUT2D eigenvalue weighted by molar-refractivity contribution is 7.92. The van der Waals surface area contributed by atoms with Gasteiger partial charge in [-0.1, -0.05) is 6.07 Å². The third kappa shape index (κ3) is 3.12. The van der Waals surface area contributed by atoms with Gasteiger partial charge in [0.15, 0.2) is 0 Å². The van der Waals surface area contributed by atoms with Gasteiger partial charge in [-0.15, -0.1) is 0 Å². The van der Waals surface area contributed by atoms with Gasteiger partial charge in [-0.25, -0.2) is 8.42 Å². The number of pyridine rings is 1. The Morgan fingerprint density at radius 2 is 1.83 bits per heavy atom. The summed E-state index contributed by atoms with van der Waals surface area (Å²) in [5.74, 6) is 0.603. The maximum atomic E-state index is 12.6. The Hall–Kier alpha value is -2.60. The highest BCUT2D eigenvalue weighted by atomic mass is 32.2. The summed E-state index contributed by atoms with van der Waals surface area (Å²) in [6.45, 7) is 1.91. The molecule has 0 spiro atoms. The lowest BCUT2D eigenvalue weighted by Crippen LogP contribution is -2.13. The van der Waals surface area contributed by atoms with Crippen LogP contribution in [0.15, 0.2) is 59.6 Å². The van der Waals surface area contributed by atoms with Gasteiger partial charge in [0.05, 0.1) is 23.2 Å². The standard InChI is InChI=1S/C17H16N2O3S/c1-12-10-13-4-3-9-18-17(13)16(11-12)19-23(20,21)15-7-5-14(22-2)6-8-15/h3-11,19H,1-2H3. The number of anilines is 1. The molecule has 0 bridgehead atoms. The maximum absolute atomic E-state index is 12.6. The van der Waals surface area contributed by atoms with Crippen LogP contribution in [-0.2, 0) is 10.0 Å². The summed E-state index contributed by atoms with van der Waals surface area (Å²) in [5, 5.41) is 0.889. The van der Waals surface area contributed by atoms with Crippen molar-refractivity contribution >= 4 is 26.6 Å². The van der Waals surface area contributed by atoms with E-state index in [1.807, 2.05) is 25.1 Å². The first-order chi connectivity index (χ1) is 11.0. The average molecular weight is 328 g/mol. The van der Waals surface area contributed by atoms with Crippen molar-refractivity contribution in [3.8, 4) is 5.75 Å². The third-order valence-corrected chi connectivity index (χ3v) is 4.84. The van der Waals surface area contributed by atoms with Crippen LogP contribution in [0.25, 0.3) is 10.9 Å². The zero-order chi connectivity index (χ0) is 16.4. The number of ether oxygens (including phenoxy) is 1. The average Bonchev–Trinajstić information content (AvgIpc) is 2.54. The molecule has 118 valence electrons. The SMILES string of the molecule is COc1ccc(S(=O)(=O)Nc2cc(C)cc3cccnc23)cc1. The first-order valence-corrected chi connectivity index (χ1v) is 8.50. The van der Waals surface area contributed by atoms with E-state index in [2.05, 4.69) is 9.71 Å². The number of nitrogens with one attached hydrogen (secondary N) is 1. The first kappa shape index (κ1) is 15.3. The Morgan fingerprint density at radius 1 is 1.09 bits per heavy atom. The number of benzene rings is 2. The molecule has 1 heterocycles. The first-order valence-electron chi connectivity index (χ1n) is 7.02. The van der Waals surface area contributed by atoms with Crippen molar-refractivity contribution in [1.29, 1.82) is 0 Å². The highest BCUT2D eigenvalue weighted by Crippen LogP contribution is 2.26. The normalized spacial score (nSPS) is 11.4. The second kappa shape index (κ2) is 5.89. The third-order valence-electron chi connectivity index (χ3n) is 3.46. The van der Waals surface area contributed by atoms with Crippen molar-refractivity contribution in [2.75, 3.05) is 11.8 Å². The molecule has 0 unspecified atom stereocenters. The number of rotatable bonds is 4. The molecule has 0 fully saturated rings. The molecule has 2 aromatic carbocycles. The number of aryl methyl sites for hydroxylation is 1. The summed E-state index contributed by atoms with van der Waals surface area (Å²) >= 11 is 0. The molecule has 0 atom stereocenters. The highest BCUT2D eigenvalue weighted by Gasteiger charge is 2.16. The predicted molar refractivity (Wildman–Crippen MR) is 90.3 cm³/mol. The molecule has 0 aliphatic rings. The van der Waals surface area contributed by atoms with Gasteiger partial charge in [-0.2, -0.15) is 0 Å². The van der Waals surface area contributed by atoms with Crippen molar-refractivity contribution in [3.05, 3.63) is 60.3 Å². The predicted octanol–water partition coefficient (Wildman–Crippen LogP) is 3.35. The molecule has 0 aliphatic heterocycles. The van der Waals surface area contributed by atoms with Crippen LogP contribution in [0, 0.1) is 6.92 Å². The van der Waals surface area contributed by atoms with Crippen molar-refractivity contribution in [2.24, 2.45) is 0 Å². The molecule has 0 aliphatic carbocycles. The number of fused-ring (bicyclic) bond motifs is 1. The Balaban J connectivity index is 2.03. The van der Waals surface area contributed by atoms with Crippen LogP contribution in [0.3, 0.4) is 0 Å². The Kier molecular flexibility index (Phi) is 3.92. The molecule has 3 aromatic rings. The molecule has 6 heteroatoms. The minimum Gasteiger partial charge on any atom is -0.497 e. The summed E-state index contributed by atoms with van der Waals surface area (Å²) in [5.41, 5.74) is 2.05. The lowest BCUT2D eigenvalue weighted by molar-refractivity contribution is 0.414. The Labute approximate surface area is 135 Å². The monoisotopic (exact) mass is 328 g/mol. The summed E-state index contributed by atoms with van der Waals surface area (Å²) in [4.78, 5) is 4.45. The number of nitrogens with zero attached hydrogens (tertiary/aromatic N) is 1. The van der Waals surface area contributed by atoms with Gasteiger partial charge in [0.25, 0.3) is 10.0 Å². The molecular weight excluding hydrogens is 312 g/mol. The number of aromatic nitrogens is 1. The van der Waals surface area contributed by atoms with Crippen LogP contribution in [0.5, 0.6) is 5.75 Å². The topological polar surface area (TPSA) is 68.3 Å². The molecule has 1 N–H and O–H groups in total. The van der Waals surface area contributed by atoms with E-state index in [1.54, 1.807) is 24.4 Å². The van der Waals surface area contributed by atoms with E-state index in [0.717, 1.165) is 10.9 Å². The van der Waals surface area contributed by atoms with Gasteiger partial charge in [0, 0.05) is 11.6 Å². The second-order valence-electron chi connectivity index (χ2n) is 5.17. The van der Waals surface area contributed by atoms with Gasteiger partial charge in [0.1, 0.15) is 5.75 Å². The van der Waals surface area contributed by atoms with Gasteiger partial charge in [-0.05, 0) is 55.0 Å². The summed E-state index contributed by atoms with van der Waals surface area (Å²) in [6.07, 6.45) is 1.64. The van der Waals surface area contributed by atoms with Gasteiger partial charge in [0.2, 0.25) is 0 Å². The molecule has 0 amide bonds. The molecule has 23 heavy (non-hydrogen) atoms. The molecule has 0 saturated carbocycles. The molecule has 0 saturated heterocycles. The molecule has 0 radical (unpaired) electrons. The maximum Gasteiger partial charge on any atom is 0.261 e. The zero-order valence-electron chi connectivity index (χ0n) is 12.8.